The molecule has 0 N–H and O–H groups in total. The third-order valence-corrected chi connectivity index (χ3v) is 9.42. The summed E-state index contributed by atoms with van der Waals surface area (Å²) >= 11 is 0. The van der Waals surface area contributed by atoms with Crippen LogP contribution in [0.15, 0.2) is 152 Å². The predicted octanol–water partition coefficient (Wildman–Crippen LogP) is 10.4. The highest BCUT2D eigenvalue weighted by molar-refractivity contribution is 6.11. The Morgan fingerprint density at radius 3 is 1.72 bits per heavy atom. The summed E-state index contributed by atoms with van der Waals surface area (Å²) < 4.78 is 2.37. The maximum absolute atomic E-state index is 5.20. The number of anilines is 3. The molecule has 1 aliphatic rings. The van der Waals surface area contributed by atoms with E-state index in [2.05, 4.69) is 139 Å². The van der Waals surface area contributed by atoms with Crippen molar-refractivity contribution in [3.8, 4) is 28.5 Å². The van der Waals surface area contributed by atoms with Gasteiger partial charge >= 0.3 is 0 Å². The van der Waals surface area contributed by atoms with E-state index in [1.807, 2.05) is 36.4 Å². The summed E-state index contributed by atoms with van der Waals surface area (Å²) in [4.78, 5) is 17.6. The molecule has 0 aliphatic carbocycles. The maximum Gasteiger partial charge on any atom is 0.238 e. The normalized spacial score (nSPS) is 13.4. The predicted molar refractivity (Wildman–Crippen MR) is 192 cm³/mol. The standard InChI is InChI=1S/C42H31N5/c1-42(2)33-23-13-15-25-36(33)47(41-44-39(28-16-6-3-7-17-28)43-40(45-41)29-18-8-4-9-19-29)38-27-37-32(26-34(38)42)31-22-12-14-24-35(31)46(37)30-20-10-5-11-21-30/h3-27H,1-2H3. The van der Waals surface area contributed by atoms with Gasteiger partial charge in [0.2, 0.25) is 5.95 Å². The van der Waals surface area contributed by atoms with Gasteiger partial charge in [-0.05, 0) is 47.5 Å². The lowest BCUT2D eigenvalue weighted by Crippen LogP contribution is -2.31. The first-order chi connectivity index (χ1) is 23.1. The number of nitrogens with zero attached hydrogens (tertiary/aromatic N) is 5. The molecule has 8 aromatic rings. The Hall–Kier alpha value is -6.07. The third kappa shape index (κ3) is 4.27. The van der Waals surface area contributed by atoms with Crippen molar-refractivity contribution in [1.29, 1.82) is 0 Å². The minimum atomic E-state index is -0.274. The molecule has 0 unspecified atom stereocenters. The number of benzene rings is 6. The van der Waals surface area contributed by atoms with Crippen LogP contribution in [0.5, 0.6) is 0 Å². The molecule has 5 nitrogen and oxygen atoms in total. The second kappa shape index (κ2) is 10.5. The monoisotopic (exact) mass is 605 g/mol. The quantitative estimate of drug-likeness (QED) is 0.200. The Morgan fingerprint density at radius 2 is 1.04 bits per heavy atom. The number of hydrogen-bond donors (Lipinski definition) is 0. The first-order valence-electron chi connectivity index (χ1n) is 16.0. The van der Waals surface area contributed by atoms with Gasteiger partial charge in [0.25, 0.3) is 0 Å². The molecular formula is C42H31N5. The molecule has 0 fully saturated rings. The second-order valence-corrected chi connectivity index (χ2v) is 12.6. The van der Waals surface area contributed by atoms with Crippen molar-refractivity contribution in [2.75, 3.05) is 4.90 Å². The summed E-state index contributed by atoms with van der Waals surface area (Å²) in [7, 11) is 0. The molecule has 0 radical (unpaired) electrons. The molecule has 3 heterocycles. The maximum atomic E-state index is 5.20. The lowest BCUT2D eigenvalue weighted by atomic mass is 9.73. The zero-order chi connectivity index (χ0) is 31.5. The van der Waals surface area contributed by atoms with Crippen molar-refractivity contribution in [2.45, 2.75) is 19.3 Å². The van der Waals surface area contributed by atoms with Gasteiger partial charge in [-0.1, -0.05) is 129 Å². The third-order valence-electron chi connectivity index (χ3n) is 9.42. The van der Waals surface area contributed by atoms with Crippen LogP contribution in [0, 0.1) is 0 Å². The number of aromatic nitrogens is 4. The Bertz CT molecular complexity index is 2370. The zero-order valence-corrected chi connectivity index (χ0v) is 26.2. The van der Waals surface area contributed by atoms with E-state index in [1.54, 1.807) is 0 Å². The largest absolute Gasteiger partial charge is 0.309 e. The van der Waals surface area contributed by atoms with Crippen LogP contribution in [0.2, 0.25) is 0 Å². The topological polar surface area (TPSA) is 46.8 Å². The van der Waals surface area contributed by atoms with Gasteiger partial charge in [0.15, 0.2) is 11.6 Å². The molecular weight excluding hydrogens is 574 g/mol. The van der Waals surface area contributed by atoms with E-state index in [0.29, 0.717) is 17.6 Å². The van der Waals surface area contributed by atoms with Gasteiger partial charge in [-0.25, -0.2) is 4.98 Å². The number of para-hydroxylation sites is 3. The Morgan fingerprint density at radius 1 is 0.468 bits per heavy atom. The molecule has 1 aliphatic heterocycles. The van der Waals surface area contributed by atoms with Crippen LogP contribution >= 0.6 is 0 Å². The van der Waals surface area contributed by atoms with Gasteiger partial charge < -0.3 is 4.57 Å². The van der Waals surface area contributed by atoms with Crippen LogP contribution in [-0.2, 0) is 5.41 Å². The van der Waals surface area contributed by atoms with Gasteiger partial charge in [-0.15, -0.1) is 0 Å². The molecule has 5 heteroatoms. The van der Waals surface area contributed by atoms with Gasteiger partial charge in [0, 0.05) is 33.0 Å². The minimum absolute atomic E-state index is 0.274. The van der Waals surface area contributed by atoms with Crippen LogP contribution in [0.4, 0.5) is 17.3 Å². The highest BCUT2D eigenvalue weighted by Gasteiger charge is 2.39. The fourth-order valence-electron chi connectivity index (χ4n) is 7.13. The lowest BCUT2D eigenvalue weighted by molar-refractivity contribution is 0.631. The van der Waals surface area contributed by atoms with Crippen molar-refractivity contribution in [2.24, 2.45) is 0 Å². The van der Waals surface area contributed by atoms with Crippen molar-refractivity contribution in [1.82, 2.24) is 19.5 Å². The summed E-state index contributed by atoms with van der Waals surface area (Å²) in [5.74, 6) is 1.86. The van der Waals surface area contributed by atoms with Gasteiger partial charge in [-0.3, -0.25) is 4.90 Å². The van der Waals surface area contributed by atoms with Crippen LogP contribution in [0.1, 0.15) is 25.0 Å². The van der Waals surface area contributed by atoms with Gasteiger partial charge in [-0.2, -0.15) is 9.97 Å². The lowest BCUT2D eigenvalue weighted by Gasteiger charge is -2.41. The van der Waals surface area contributed by atoms with Crippen LogP contribution in [-0.4, -0.2) is 19.5 Å². The first kappa shape index (κ1) is 27.3. The van der Waals surface area contributed by atoms with E-state index in [0.717, 1.165) is 33.7 Å². The summed E-state index contributed by atoms with van der Waals surface area (Å²) in [5, 5.41) is 2.45. The van der Waals surface area contributed by atoms with Crippen LogP contribution < -0.4 is 4.90 Å². The molecule has 0 spiro atoms. The van der Waals surface area contributed by atoms with E-state index in [4.69, 9.17) is 15.0 Å². The summed E-state index contributed by atoms with van der Waals surface area (Å²) in [6.45, 7) is 4.64. The van der Waals surface area contributed by atoms with E-state index in [9.17, 15) is 0 Å². The Kier molecular flexibility index (Phi) is 6.09. The molecule has 9 rings (SSSR count). The SMILES string of the molecule is CC1(C)c2ccccc2N(c2nc(-c3ccccc3)nc(-c3ccccc3)n2)c2cc3c(cc21)c1ccccc1n3-c1ccccc1. The second-order valence-electron chi connectivity index (χ2n) is 12.6. The van der Waals surface area contributed by atoms with Crippen molar-refractivity contribution in [3.05, 3.63) is 163 Å². The smallest absolute Gasteiger partial charge is 0.238 e. The molecule has 6 aromatic carbocycles. The molecule has 47 heavy (non-hydrogen) atoms. The molecule has 0 atom stereocenters. The molecule has 0 saturated heterocycles. The average molecular weight is 606 g/mol. The highest BCUT2D eigenvalue weighted by atomic mass is 15.3. The summed E-state index contributed by atoms with van der Waals surface area (Å²) in [6.07, 6.45) is 0. The molecule has 0 saturated carbocycles. The number of hydrogen-bond acceptors (Lipinski definition) is 4. The van der Waals surface area contributed by atoms with E-state index >= 15 is 0 Å². The average Bonchev–Trinajstić information content (AvgIpc) is 3.45. The van der Waals surface area contributed by atoms with Crippen LogP contribution in [0.25, 0.3) is 50.3 Å². The Balaban J connectivity index is 1.38. The molecule has 2 aromatic heterocycles. The van der Waals surface area contributed by atoms with Gasteiger partial charge in [0.05, 0.1) is 22.4 Å². The van der Waals surface area contributed by atoms with Crippen molar-refractivity contribution in [3.63, 3.8) is 0 Å². The fourth-order valence-corrected chi connectivity index (χ4v) is 7.13. The van der Waals surface area contributed by atoms with Crippen molar-refractivity contribution >= 4 is 39.1 Å². The molecule has 224 valence electrons. The number of fused-ring (bicyclic) bond motifs is 5. The number of rotatable bonds is 4. The summed E-state index contributed by atoms with van der Waals surface area (Å²) in [6, 6.07) is 53.0. The van der Waals surface area contributed by atoms with E-state index in [-0.39, 0.29) is 5.41 Å². The summed E-state index contributed by atoms with van der Waals surface area (Å²) in [5.41, 5.74) is 9.62. The van der Waals surface area contributed by atoms with E-state index < -0.39 is 0 Å². The fraction of sp³-hybridized carbons (Fsp3) is 0.0714. The Labute approximate surface area is 273 Å². The minimum Gasteiger partial charge on any atom is -0.309 e. The first-order valence-corrected chi connectivity index (χ1v) is 16.0. The molecule has 0 amide bonds. The van der Waals surface area contributed by atoms with Gasteiger partial charge in [0.1, 0.15) is 0 Å². The van der Waals surface area contributed by atoms with Crippen LogP contribution in [0.3, 0.4) is 0 Å². The zero-order valence-electron chi connectivity index (χ0n) is 26.2. The highest BCUT2D eigenvalue weighted by Crippen LogP contribution is 2.53. The van der Waals surface area contributed by atoms with E-state index in [1.165, 1.54) is 27.4 Å². The molecule has 0 bridgehead atoms. The van der Waals surface area contributed by atoms with Crippen molar-refractivity contribution < 1.29 is 0 Å².